The van der Waals surface area contributed by atoms with Crippen LogP contribution in [0.5, 0.6) is 5.75 Å². The average Bonchev–Trinajstić information content (AvgIpc) is 3.14. The summed E-state index contributed by atoms with van der Waals surface area (Å²) < 4.78 is 24.2. The topological polar surface area (TPSA) is 62.0 Å². The van der Waals surface area contributed by atoms with Crippen LogP contribution in [0.4, 0.5) is 4.39 Å². The lowest BCUT2D eigenvalue weighted by Crippen LogP contribution is -2.44. The lowest BCUT2D eigenvalue weighted by atomic mass is 10.2. The molecule has 0 spiro atoms. The summed E-state index contributed by atoms with van der Waals surface area (Å²) in [7, 11) is 5.73. The van der Waals surface area contributed by atoms with Crippen LogP contribution in [0.1, 0.15) is 18.7 Å². The summed E-state index contributed by atoms with van der Waals surface area (Å²) in [5, 5.41) is 6.53. The van der Waals surface area contributed by atoms with E-state index in [1.54, 1.807) is 25.4 Å². The van der Waals surface area contributed by atoms with Crippen molar-refractivity contribution in [3.63, 3.8) is 0 Å². The minimum atomic E-state index is -0.278. The lowest BCUT2D eigenvalue weighted by molar-refractivity contribution is 0.223. The number of rotatable bonds is 8. The first-order chi connectivity index (χ1) is 12.5. The average molecular weight is 362 g/mol. The molecule has 1 aromatic heterocycles. The molecule has 0 aliphatic carbocycles. The van der Waals surface area contributed by atoms with Gasteiger partial charge in [0, 0.05) is 13.6 Å². The van der Waals surface area contributed by atoms with Crippen LogP contribution in [0.2, 0.25) is 0 Å². The molecule has 7 heteroatoms. The van der Waals surface area contributed by atoms with Crippen LogP contribution in [-0.2, 0) is 0 Å². The highest BCUT2D eigenvalue weighted by Gasteiger charge is 2.17. The second-order valence-corrected chi connectivity index (χ2v) is 6.21. The first-order valence-electron chi connectivity index (χ1n) is 8.56. The molecule has 0 fully saturated rings. The predicted molar refractivity (Wildman–Crippen MR) is 101 cm³/mol. The lowest BCUT2D eigenvalue weighted by Gasteiger charge is -2.24. The molecule has 0 aliphatic rings. The van der Waals surface area contributed by atoms with Gasteiger partial charge in [-0.25, -0.2) is 4.39 Å². The quantitative estimate of drug-likeness (QED) is 0.558. The van der Waals surface area contributed by atoms with E-state index in [0.717, 1.165) is 5.76 Å². The van der Waals surface area contributed by atoms with E-state index in [2.05, 4.69) is 20.5 Å². The monoisotopic (exact) mass is 362 g/mol. The van der Waals surface area contributed by atoms with Crippen LogP contribution in [0.3, 0.4) is 0 Å². The van der Waals surface area contributed by atoms with Crippen LogP contribution < -0.4 is 15.4 Å². The van der Waals surface area contributed by atoms with Crippen molar-refractivity contribution in [2.45, 2.75) is 19.1 Å². The molecule has 1 aromatic carbocycles. The van der Waals surface area contributed by atoms with Gasteiger partial charge in [-0.05, 0) is 57.4 Å². The van der Waals surface area contributed by atoms with Crippen molar-refractivity contribution in [1.29, 1.82) is 0 Å². The number of ether oxygens (including phenoxy) is 1. The molecular weight excluding hydrogens is 335 g/mol. The molecule has 0 saturated carbocycles. The maximum absolute atomic E-state index is 12.9. The second-order valence-electron chi connectivity index (χ2n) is 6.21. The smallest absolute Gasteiger partial charge is 0.191 e. The largest absolute Gasteiger partial charge is 0.489 e. The molecule has 2 atom stereocenters. The van der Waals surface area contributed by atoms with E-state index in [1.807, 2.05) is 33.2 Å². The molecule has 0 radical (unpaired) electrons. The zero-order chi connectivity index (χ0) is 18.9. The van der Waals surface area contributed by atoms with Crippen LogP contribution in [-0.4, -0.2) is 51.2 Å². The number of halogens is 1. The number of furan rings is 1. The van der Waals surface area contributed by atoms with Gasteiger partial charge in [-0.1, -0.05) is 0 Å². The molecule has 142 valence electrons. The fourth-order valence-electron chi connectivity index (χ4n) is 2.46. The van der Waals surface area contributed by atoms with Gasteiger partial charge in [0.25, 0.3) is 0 Å². The fourth-order valence-corrected chi connectivity index (χ4v) is 2.46. The first-order valence-corrected chi connectivity index (χ1v) is 8.56. The SMILES string of the molecule is CN=C(NCC(C)Oc1ccc(F)cc1)NCC(c1ccco1)N(C)C. The van der Waals surface area contributed by atoms with Crippen molar-refractivity contribution in [2.24, 2.45) is 4.99 Å². The Morgan fingerprint density at radius 1 is 1.19 bits per heavy atom. The summed E-state index contributed by atoms with van der Waals surface area (Å²) >= 11 is 0. The van der Waals surface area contributed by atoms with Crippen molar-refractivity contribution in [1.82, 2.24) is 15.5 Å². The number of guanidine groups is 1. The number of nitrogens with one attached hydrogen (secondary N) is 2. The Balaban J connectivity index is 1.80. The first kappa shape index (κ1) is 19.8. The Hall–Kier alpha value is -2.54. The maximum Gasteiger partial charge on any atom is 0.191 e. The molecule has 0 amide bonds. The van der Waals surface area contributed by atoms with E-state index >= 15 is 0 Å². The number of hydrogen-bond acceptors (Lipinski definition) is 4. The second kappa shape index (κ2) is 9.82. The van der Waals surface area contributed by atoms with Crippen molar-refractivity contribution < 1.29 is 13.5 Å². The minimum Gasteiger partial charge on any atom is -0.489 e. The zero-order valence-electron chi connectivity index (χ0n) is 15.7. The van der Waals surface area contributed by atoms with Crippen LogP contribution >= 0.6 is 0 Å². The highest BCUT2D eigenvalue weighted by molar-refractivity contribution is 5.79. The fraction of sp³-hybridized carbons (Fsp3) is 0.421. The zero-order valence-corrected chi connectivity index (χ0v) is 15.7. The molecular formula is C19H27FN4O2. The van der Waals surface area contributed by atoms with E-state index in [9.17, 15) is 4.39 Å². The van der Waals surface area contributed by atoms with Gasteiger partial charge in [0.15, 0.2) is 5.96 Å². The molecule has 0 aliphatic heterocycles. The number of hydrogen-bond donors (Lipinski definition) is 2. The molecule has 2 aromatic rings. The van der Waals surface area contributed by atoms with E-state index < -0.39 is 0 Å². The Labute approximate surface area is 154 Å². The third-order valence-electron chi connectivity index (χ3n) is 3.89. The third kappa shape index (κ3) is 6.07. The molecule has 1 heterocycles. The Morgan fingerprint density at radius 2 is 1.88 bits per heavy atom. The number of likely N-dealkylation sites (N-methyl/N-ethyl adjacent to an activating group) is 1. The molecule has 2 N–H and O–H groups in total. The molecule has 6 nitrogen and oxygen atoms in total. The van der Waals surface area contributed by atoms with Gasteiger partial charge in [0.05, 0.1) is 18.8 Å². The Bertz CT molecular complexity index is 671. The highest BCUT2D eigenvalue weighted by Crippen LogP contribution is 2.17. The Morgan fingerprint density at radius 3 is 2.46 bits per heavy atom. The van der Waals surface area contributed by atoms with Crippen molar-refractivity contribution in [3.05, 3.63) is 54.2 Å². The minimum absolute atomic E-state index is 0.0939. The van der Waals surface area contributed by atoms with Crippen LogP contribution in [0, 0.1) is 5.82 Å². The van der Waals surface area contributed by atoms with E-state index in [4.69, 9.17) is 9.15 Å². The standard InChI is InChI=1S/C19H27FN4O2/c1-14(26-16-9-7-15(20)8-10-16)12-22-19(21-2)23-13-17(24(3)4)18-6-5-11-25-18/h5-11,14,17H,12-13H2,1-4H3,(H2,21,22,23). The number of benzene rings is 1. The molecule has 2 rings (SSSR count). The van der Waals surface area contributed by atoms with Crippen molar-refractivity contribution in [2.75, 3.05) is 34.2 Å². The van der Waals surface area contributed by atoms with Crippen molar-refractivity contribution >= 4 is 5.96 Å². The summed E-state index contributed by atoms with van der Waals surface area (Å²) in [6, 6.07) is 9.93. The van der Waals surface area contributed by atoms with Crippen LogP contribution in [0.15, 0.2) is 52.1 Å². The third-order valence-corrected chi connectivity index (χ3v) is 3.89. The van der Waals surface area contributed by atoms with Gasteiger partial charge in [-0.15, -0.1) is 0 Å². The summed E-state index contributed by atoms with van der Waals surface area (Å²) in [6.07, 6.45) is 1.57. The van der Waals surface area contributed by atoms with Gasteiger partial charge in [-0.2, -0.15) is 0 Å². The predicted octanol–water partition coefficient (Wildman–Crippen LogP) is 2.65. The van der Waals surface area contributed by atoms with E-state index in [-0.39, 0.29) is 18.0 Å². The van der Waals surface area contributed by atoms with Gasteiger partial charge in [0.2, 0.25) is 0 Å². The summed E-state index contributed by atoms with van der Waals surface area (Å²) in [5.74, 6) is 1.93. The van der Waals surface area contributed by atoms with Gasteiger partial charge in [0.1, 0.15) is 23.4 Å². The van der Waals surface area contributed by atoms with Crippen LogP contribution in [0.25, 0.3) is 0 Å². The maximum atomic E-state index is 12.9. The Kier molecular flexibility index (Phi) is 7.47. The summed E-state index contributed by atoms with van der Waals surface area (Å²) in [6.45, 7) is 3.15. The normalized spacial score (nSPS) is 14.2. The van der Waals surface area contributed by atoms with Gasteiger partial charge in [-0.3, -0.25) is 9.89 Å². The number of aliphatic imine (C=N–C) groups is 1. The molecule has 26 heavy (non-hydrogen) atoms. The summed E-state index contributed by atoms with van der Waals surface area (Å²) in [4.78, 5) is 6.31. The molecule has 0 saturated heterocycles. The molecule has 2 unspecified atom stereocenters. The number of nitrogens with zero attached hydrogens (tertiary/aromatic N) is 2. The van der Waals surface area contributed by atoms with E-state index in [0.29, 0.717) is 24.8 Å². The van der Waals surface area contributed by atoms with Crippen molar-refractivity contribution in [3.8, 4) is 5.75 Å². The van der Waals surface area contributed by atoms with E-state index in [1.165, 1.54) is 12.1 Å². The highest BCUT2D eigenvalue weighted by atomic mass is 19.1. The molecule has 0 bridgehead atoms. The van der Waals surface area contributed by atoms with Gasteiger partial charge < -0.3 is 19.8 Å². The van der Waals surface area contributed by atoms with Gasteiger partial charge >= 0.3 is 0 Å². The summed E-state index contributed by atoms with van der Waals surface area (Å²) in [5.41, 5.74) is 0.